The van der Waals surface area contributed by atoms with Crippen LogP contribution in [-0.2, 0) is 17.9 Å². The van der Waals surface area contributed by atoms with Crippen molar-refractivity contribution in [3.63, 3.8) is 0 Å². The van der Waals surface area contributed by atoms with Crippen LogP contribution in [0, 0.1) is 0 Å². The van der Waals surface area contributed by atoms with Gasteiger partial charge in [-0.2, -0.15) is 0 Å². The number of ether oxygens (including phenoxy) is 1. The third-order valence-corrected chi connectivity index (χ3v) is 4.88. The van der Waals surface area contributed by atoms with Crippen molar-refractivity contribution in [1.29, 1.82) is 0 Å². The van der Waals surface area contributed by atoms with Crippen molar-refractivity contribution in [2.24, 2.45) is 0 Å². The number of nitrogens with zero attached hydrogens (tertiary/aromatic N) is 3. The Morgan fingerprint density at radius 3 is 2.70 bits per heavy atom. The van der Waals surface area contributed by atoms with Crippen LogP contribution < -0.4 is 10.3 Å². The van der Waals surface area contributed by atoms with E-state index in [0.29, 0.717) is 10.9 Å². The quantitative estimate of drug-likeness (QED) is 0.529. The summed E-state index contributed by atoms with van der Waals surface area (Å²) in [6.45, 7) is 0.0288. The van der Waals surface area contributed by atoms with Crippen molar-refractivity contribution >= 4 is 32.7 Å². The summed E-state index contributed by atoms with van der Waals surface area (Å²) in [5.41, 5.74) is 0.491. The number of alkyl halides is 3. The van der Waals surface area contributed by atoms with Crippen molar-refractivity contribution in [2.75, 3.05) is 7.05 Å². The second-order valence-corrected chi connectivity index (χ2v) is 7.48. The SMILES string of the molecule is CN(Cc1ccccc1OC(F)(F)F)C(=O)CCn1cnc2ccc(Br)cc2c1=O. The molecule has 158 valence electrons. The summed E-state index contributed by atoms with van der Waals surface area (Å²) < 4.78 is 43.8. The summed E-state index contributed by atoms with van der Waals surface area (Å²) in [5, 5.41) is 0.422. The smallest absolute Gasteiger partial charge is 0.405 e. The predicted octanol–water partition coefficient (Wildman–Crippen LogP) is 4.11. The molecule has 6 nitrogen and oxygen atoms in total. The fourth-order valence-electron chi connectivity index (χ4n) is 2.90. The standard InChI is InChI=1S/C20H17BrF3N3O3/c1-26(11-13-4-2-3-5-17(13)30-20(22,23)24)18(28)8-9-27-12-25-16-7-6-14(21)10-15(16)19(27)29/h2-7,10,12H,8-9,11H2,1H3. The Bertz CT molecular complexity index is 1130. The first-order valence-corrected chi connectivity index (χ1v) is 9.65. The van der Waals surface area contributed by atoms with E-state index in [0.717, 1.165) is 4.47 Å². The van der Waals surface area contributed by atoms with Crippen LogP contribution in [-0.4, -0.2) is 33.8 Å². The number of para-hydroxylation sites is 1. The van der Waals surface area contributed by atoms with E-state index in [9.17, 15) is 22.8 Å². The van der Waals surface area contributed by atoms with Crippen LogP contribution in [0.4, 0.5) is 13.2 Å². The van der Waals surface area contributed by atoms with Gasteiger partial charge >= 0.3 is 6.36 Å². The summed E-state index contributed by atoms with van der Waals surface area (Å²) in [5.74, 6) is -0.691. The van der Waals surface area contributed by atoms with Crippen LogP contribution in [0.15, 0.2) is 58.1 Å². The first-order valence-electron chi connectivity index (χ1n) is 8.86. The van der Waals surface area contributed by atoms with Crippen LogP contribution in [0.3, 0.4) is 0 Å². The van der Waals surface area contributed by atoms with E-state index in [4.69, 9.17) is 0 Å². The summed E-state index contributed by atoms with van der Waals surface area (Å²) in [7, 11) is 1.48. The lowest BCUT2D eigenvalue weighted by atomic mass is 10.2. The molecule has 3 aromatic rings. The lowest BCUT2D eigenvalue weighted by Crippen LogP contribution is -2.29. The zero-order valence-electron chi connectivity index (χ0n) is 15.8. The Balaban J connectivity index is 1.68. The van der Waals surface area contributed by atoms with Gasteiger partial charge in [0, 0.05) is 36.6 Å². The van der Waals surface area contributed by atoms with E-state index in [1.165, 1.54) is 41.0 Å². The van der Waals surface area contributed by atoms with E-state index in [2.05, 4.69) is 25.7 Å². The molecule has 1 heterocycles. The molecular weight excluding hydrogens is 467 g/mol. The Morgan fingerprint density at radius 2 is 1.97 bits per heavy atom. The predicted molar refractivity (Wildman–Crippen MR) is 108 cm³/mol. The molecule has 10 heteroatoms. The number of hydrogen-bond acceptors (Lipinski definition) is 4. The number of fused-ring (bicyclic) bond motifs is 1. The fraction of sp³-hybridized carbons (Fsp3) is 0.250. The molecule has 0 aliphatic carbocycles. The second kappa shape index (κ2) is 8.86. The number of hydrogen-bond donors (Lipinski definition) is 0. The zero-order chi connectivity index (χ0) is 21.9. The molecule has 0 atom stereocenters. The molecule has 0 N–H and O–H groups in total. The van der Waals surface area contributed by atoms with Crippen molar-refractivity contribution in [3.05, 3.63) is 69.2 Å². The number of amides is 1. The number of carbonyl (C=O) groups excluding carboxylic acids is 1. The van der Waals surface area contributed by atoms with Crippen molar-refractivity contribution < 1.29 is 22.7 Å². The van der Waals surface area contributed by atoms with E-state index >= 15 is 0 Å². The largest absolute Gasteiger partial charge is 0.573 e. The summed E-state index contributed by atoms with van der Waals surface area (Å²) in [6, 6.07) is 10.8. The molecule has 0 spiro atoms. The lowest BCUT2D eigenvalue weighted by molar-refractivity contribution is -0.275. The van der Waals surface area contributed by atoms with Gasteiger partial charge in [0.05, 0.1) is 17.2 Å². The number of aryl methyl sites for hydroxylation is 1. The van der Waals surface area contributed by atoms with Crippen molar-refractivity contribution in [2.45, 2.75) is 25.9 Å². The fourth-order valence-corrected chi connectivity index (χ4v) is 3.26. The van der Waals surface area contributed by atoms with Gasteiger partial charge in [-0.1, -0.05) is 34.1 Å². The highest BCUT2D eigenvalue weighted by atomic mass is 79.9. The second-order valence-electron chi connectivity index (χ2n) is 6.56. The Kier molecular flexibility index (Phi) is 6.45. The molecule has 0 aliphatic rings. The summed E-state index contributed by atoms with van der Waals surface area (Å²) in [6.07, 6.45) is -3.46. The number of halogens is 4. The topological polar surface area (TPSA) is 64.4 Å². The Hall–Kier alpha value is -2.88. The van der Waals surface area contributed by atoms with E-state index in [1.54, 1.807) is 24.3 Å². The average Bonchev–Trinajstić information content (AvgIpc) is 2.68. The lowest BCUT2D eigenvalue weighted by Gasteiger charge is -2.20. The monoisotopic (exact) mass is 483 g/mol. The van der Waals surface area contributed by atoms with Gasteiger partial charge < -0.3 is 9.64 Å². The maximum Gasteiger partial charge on any atom is 0.573 e. The first kappa shape index (κ1) is 21.8. The molecule has 0 saturated heterocycles. The van der Waals surface area contributed by atoms with Gasteiger partial charge in [0.2, 0.25) is 5.91 Å². The minimum absolute atomic E-state index is 0.0140. The molecule has 0 aliphatic heterocycles. The maximum absolute atomic E-state index is 12.6. The summed E-state index contributed by atoms with van der Waals surface area (Å²) >= 11 is 3.31. The van der Waals surface area contributed by atoms with Gasteiger partial charge in [0.25, 0.3) is 5.56 Å². The normalized spacial score (nSPS) is 11.5. The van der Waals surface area contributed by atoms with Crippen LogP contribution >= 0.6 is 15.9 Å². The summed E-state index contributed by atoms with van der Waals surface area (Å²) in [4.78, 5) is 30.6. The number of rotatable bonds is 6. The minimum atomic E-state index is -4.82. The van der Waals surface area contributed by atoms with Gasteiger partial charge in [-0.15, -0.1) is 13.2 Å². The number of carbonyl (C=O) groups is 1. The number of aromatic nitrogens is 2. The highest BCUT2D eigenvalue weighted by Gasteiger charge is 2.32. The van der Waals surface area contributed by atoms with E-state index < -0.39 is 6.36 Å². The van der Waals surface area contributed by atoms with Crippen molar-refractivity contribution in [3.8, 4) is 5.75 Å². The van der Waals surface area contributed by atoms with E-state index in [-0.39, 0.29) is 42.3 Å². The van der Waals surface area contributed by atoms with Gasteiger partial charge in [0.1, 0.15) is 5.75 Å². The van der Waals surface area contributed by atoms with Gasteiger partial charge in [-0.25, -0.2) is 4.98 Å². The van der Waals surface area contributed by atoms with E-state index in [1.807, 2.05) is 0 Å². The Morgan fingerprint density at radius 1 is 1.23 bits per heavy atom. The zero-order valence-corrected chi connectivity index (χ0v) is 17.4. The highest BCUT2D eigenvalue weighted by molar-refractivity contribution is 9.10. The van der Waals surface area contributed by atoms with Crippen LogP contribution in [0.2, 0.25) is 0 Å². The molecule has 0 radical (unpaired) electrons. The third-order valence-electron chi connectivity index (χ3n) is 4.38. The van der Waals surface area contributed by atoms with Gasteiger partial charge in [0.15, 0.2) is 0 Å². The first-order chi connectivity index (χ1) is 14.1. The molecule has 0 unspecified atom stereocenters. The Labute approximate surface area is 178 Å². The van der Waals surface area contributed by atoms with Crippen molar-refractivity contribution in [1.82, 2.24) is 14.5 Å². The molecule has 1 amide bonds. The minimum Gasteiger partial charge on any atom is -0.405 e. The van der Waals surface area contributed by atoms with Gasteiger partial charge in [-0.05, 0) is 24.3 Å². The molecule has 1 aromatic heterocycles. The molecule has 3 rings (SSSR count). The van der Waals surface area contributed by atoms with Gasteiger partial charge in [-0.3, -0.25) is 14.2 Å². The van der Waals surface area contributed by atoms with Crippen LogP contribution in [0.5, 0.6) is 5.75 Å². The number of benzene rings is 2. The average molecular weight is 484 g/mol. The molecular formula is C20H17BrF3N3O3. The highest BCUT2D eigenvalue weighted by Crippen LogP contribution is 2.27. The molecule has 0 saturated carbocycles. The van der Waals surface area contributed by atoms with Crippen LogP contribution in [0.1, 0.15) is 12.0 Å². The third kappa shape index (κ3) is 5.38. The molecule has 0 fully saturated rings. The maximum atomic E-state index is 12.6. The molecule has 30 heavy (non-hydrogen) atoms. The molecule has 0 bridgehead atoms. The van der Waals surface area contributed by atoms with Crippen LogP contribution in [0.25, 0.3) is 10.9 Å². The molecule has 2 aromatic carbocycles.